The molecule has 0 saturated heterocycles. The number of ketones is 1. The number of carbonyl (C=O) groups is 3. The average Bonchev–Trinajstić information content (AvgIpc) is 1.83. The molecule has 0 aliphatic heterocycles. The van der Waals surface area contributed by atoms with Crippen LogP contribution in [0.4, 0.5) is 0 Å². The van der Waals surface area contributed by atoms with E-state index in [0.717, 1.165) is 0 Å². The van der Waals surface area contributed by atoms with Gasteiger partial charge in [-0.3, -0.25) is 4.79 Å². The molecule has 5 nitrogen and oxygen atoms in total. The number of carboxylic acid groups (broad SMARTS) is 2. The SMILES string of the molecule is CC(=O)CC(=O)[O-].CCCC(=O)[O-]. The summed E-state index contributed by atoms with van der Waals surface area (Å²) >= 11 is 0. The molecule has 0 bridgehead atoms. The van der Waals surface area contributed by atoms with Crippen LogP contribution < -0.4 is 10.2 Å². The van der Waals surface area contributed by atoms with Crippen molar-refractivity contribution in [3.05, 3.63) is 0 Å². The highest BCUT2D eigenvalue weighted by molar-refractivity contribution is 5.92. The van der Waals surface area contributed by atoms with Gasteiger partial charge in [-0.1, -0.05) is 13.3 Å². The van der Waals surface area contributed by atoms with Gasteiger partial charge in [0, 0.05) is 18.4 Å². The van der Waals surface area contributed by atoms with Gasteiger partial charge in [-0.15, -0.1) is 0 Å². The first kappa shape index (κ1) is 14.2. The van der Waals surface area contributed by atoms with Crippen LogP contribution in [0.15, 0.2) is 0 Å². The molecule has 0 fully saturated rings. The number of carboxylic acids is 2. The highest BCUT2D eigenvalue weighted by Crippen LogP contribution is 1.79. The van der Waals surface area contributed by atoms with Crippen LogP contribution in [-0.2, 0) is 14.4 Å². The predicted molar refractivity (Wildman–Crippen MR) is 40.2 cm³/mol. The van der Waals surface area contributed by atoms with Crippen LogP contribution in [0, 0.1) is 0 Å². The van der Waals surface area contributed by atoms with Gasteiger partial charge in [0.1, 0.15) is 5.78 Å². The van der Waals surface area contributed by atoms with Gasteiger partial charge >= 0.3 is 0 Å². The van der Waals surface area contributed by atoms with Gasteiger partial charge in [-0.25, -0.2) is 0 Å². The second-order valence-corrected chi connectivity index (χ2v) is 2.37. The third-order valence-corrected chi connectivity index (χ3v) is 0.847. The van der Waals surface area contributed by atoms with E-state index in [1.807, 2.05) is 0 Å². The molecule has 76 valence electrons. The fourth-order valence-electron chi connectivity index (χ4n) is 0.407. The predicted octanol–water partition coefficient (Wildman–Crippen LogP) is -1.75. The minimum Gasteiger partial charge on any atom is -0.550 e. The van der Waals surface area contributed by atoms with E-state index in [4.69, 9.17) is 0 Å². The van der Waals surface area contributed by atoms with Crippen LogP contribution >= 0.6 is 0 Å². The molecule has 0 heterocycles. The summed E-state index contributed by atoms with van der Waals surface area (Å²) in [6.07, 6.45) is 0.377. The maximum absolute atomic E-state index is 9.83. The Hall–Kier alpha value is -1.39. The fraction of sp³-hybridized carbons (Fsp3) is 0.625. The van der Waals surface area contributed by atoms with Crippen LogP contribution in [0.1, 0.15) is 33.1 Å². The quantitative estimate of drug-likeness (QED) is 0.487. The molecule has 0 N–H and O–H groups in total. The molecule has 5 heteroatoms. The highest BCUT2D eigenvalue weighted by atomic mass is 16.4. The van der Waals surface area contributed by atoms with E-state index in [2.05, 4.69) is 0 Å². The molecule has 0 atom stereocenters. The monoisotopic (exact) mass is 188 g/mol. The van der Waals surface area contributed by atoms with E-state index < -0.39 is 18.4 Å². The number of hydrogen-bond donors (Lipinski definition) is 0. The van der Waals surface area contributed by atoms with Crippen molar-refractivity contribution in [1.82, 2.24) is 0 Å². The van der Waals surface area contributed by atoms with E-state index in [1.54, 1.807) is 6.92 Å². The van der Waals surface area contributed by atoms with Crippen LogP contribution in [0.25, 0.3) is 0 Å². The van der Waals surface area contributed by atoms with Gasteiger partial charge in [0.15, 0.2) is 0 Å². The summed E-state index contributed by atoms with van der Waals surface area (Å²) in [4.78, 5) is 28.8. The average molecular weight is 188 g/mol. The lowest BCUT2D eigenvalue weighted by Gasteiger charge is -1.92. The highest BCUT2D eigenvalue weighted by Gasteiger charge is 1.88. The molecule has 0 saturated carbocycles. The molecule has 0 spiro atoms. The largest absolute Gasteiger partial charge is 0.550 e. The van der Waals surface area contributed by atoms with E-state index in [9.17, 15) is 24.6 Å². The zero-order valence-corrected chi connectivity index (χ0v) is 7.66. The summed E-state index contributed by atoms with van der Waals surface area (Å²) in [6, 6.07) is 0. The Morgan fingerprint density at radius 1 is 1.08 bits per heavy atom. The van der Waals surface area contributed by atoms with Gasteiger partial charge in [0.05, 0.1) is 0 Å². The van der Waals surface area contributed by atoms with Crippen molar-refractivity contribution in [2.45, 2.75) is 33.1 Å². The normalized spacial score (nSPS) is 8.15. The van der Waals surface area contributed by atoms with Crippen LogP contribution in [-0.4, -0.2) is 17.7 Å². The Bertz CT molecular complexity index is 173. The first-order chi connectivity index (χ1) is 5.90. The molecule has 0 rings (SSSR count). The molecule has 0 aromatic rings. The van der Waals surface area contributed by atoms with Crippen molar-refractivity contribution in [1.29, 1.82) is 0 Å². The van der Waals surface area contributed by atoms with E-state index in [-0.39, 0.29) is 12.2 Å². The summed E-state index contributed by atoms with van der Waals surface area (Å²) in [7, 11) is 0. The van der Waals surface area contributed by atoms with Gasteiger partial charge in [0.25, 0.3) is 0 Å². The van der Waals surface area contributed by atoms with Crippen molar-refractivity contribution in [2.75, 3.05) is 0 Å². The topological polar surface area (TPSA) is 97.3 Å². The van der Waals surface area contributed by atoms with Crippen molar-refractivity contribution in [2.24, 2.45) is 0 Å². The van der Waals surface area contributed by atoms with Gasteiger partial charge in [0.2, 0.25) is 0 Å². The molecule has 0 aromatic carbocycles. The Labute approximate surface area is 76.4 Å². The van der Waals surface area contributed by atoms with Crippen LogP contribution in [0.5, 0.6) is 0 Å². The van der Waals surface area contributed by atoms with Crippen molar-refractivity contribution in [3.63, 3.8) is 0 Å². The van der Waals surface area contributed by atoms with Gasteiger partial charge in [-0.2, -0.15) is 0 Å². The molecular formula is C8H12O5-2. The summed E-state index contributed by atoms with van der Waals surface area (Å²) < 4.78 is 0. The summed E-state index contributed by atoms with van der Waals surface area (Å²) in [5, 5.41) is 19.0. The summed E-state index contributed by atoms with van der Waals surface area (Å²) in [5.41, 5.74) is 0. The lowest BCUT2D eigenvalue weighted by molar-refractivity contribution is -0.306. The van der Waals surface area contributed by atoms with E-state index in [0.29, 0.717) is 6.42 Å². The number of carbonyl (C=O) groups excluding carboxylic acids is 3. The molecule has 0 amide bonds. The number of rotatable bonds is 4. The maximum Gasteiger partial charge on any atom is 0.135 e. The second kappa shape index (κ2) is 8.70. The van der Waals surface area contributed by atoms with Gasteiger partial charge in [-0.05, 0) is 13.3 Å². The third-order valence-electron chi connectivity index (χ3n) is 0.847. The standard InChI is InChI=1S/C4H6O3.C4H8O2/c1-3(5)2-4(6)7;1-2-3-4(5)6/h2H2,1H3,(H,6,7);2-3H2,1H3,(H,5,6)/p-2. The van der Waals surface area contributed by atoms with E-state index in [1.165, 1.54) is 6.92 Å². The Kier molecular flexibility index (Phi) is 9.48. The Morgan fingerprint density at radius 3 is 1.54 bits per heavy atom. The summed E-state index contributed by atoms with van der Waals surface area (Å²) in [5.74, 6) is -2.65. The van der Waals surface area contributed by atoms with Gasteiger partial charge < -0.3 is 19.8 Å². The first-order valence-electron chi connectivity index (χ1n) is 3.79. The minimum absolute atomic E-state index is 0.181. The van der Waals surface area contributed by atoms with Crippen molar-refractivity contribution < 1.29 is 24.6 Å². The van der Waals surface area contributed by atoms with Crippen LogP contribution in [0.2, 0.25) is 0 Å². The molecule has 13 heavy (non-hydrogen) atoms. The minimum atomic E-state index is -1.31. The van der Waals surface area contributed by atoms with Crippen molar-refractivity contribution >= 4 is 17.7 Å². The molecule has 0 aliphatic carbocycles. The number of Topliss-reactive ketones (excluding diaryl/α,β-unsaturated/α-hetero) is 1. The van der Waals surface area contributed by atoms with Crippen molar-refractivity contribution in [3.8, 4) is 0 Å². The smallest absolute Gasteiger partial charge is 0.135 e. The van der Waals surface area contributed by atoms with Crippen LogP contribution in [0.3, 0.4) is 0 Å². The molecule has 0 aromatic heterocycles. The first-order valence-corrected chi connectivity index (χ1v) is 3.79. The third kappa shape index (κ3) is 25.0. The molecule has 0 aliphatic rings. The summed E-state index contributed by atoms with van der Waals surface area (Å²) in [6.45, 7) is 3.01. The lowest BCUT2D eigenvalue weighted by Crippen LogP contribution is -2.24. The number of aliphatic carboxylic acids is 2. The van der Waals surface area contributed by atoms with E-state index >= 15 is 0 Å². The Morgan fingerprint density at radius 2 is 1.54 bits per heavy atom. The molecular weight excluding hydrogens is 176 g/mol. The molecule has 0 unspecified atom stereocenters. The second-order valence-electron chi connectivity index (χ2n) is 2.37. The fourth-order valence-corrected chi connectivity index (χ4v) is 0.407. The Balaban J connectivity index is 0. The number of hydrogen-bond acceptors (Lipinski definition) is 5. The maximum atomic E-state index is 9.83. The zero-order chi connectivity index (χ0) is 10.9. The zero-order valence-electron chi connectivity index (χ0n) is 7.66. The molecule has 0 radical (unpaired) electrons. The lowest BCUT2D eigenvalue weighted by atomic mass is 10.3.